The van der Waals surface area contributed by atoms with Crippen molar-refractivity contribution in [3.8, 4) is 0 Å². The normalized spacial score (nSPS) is 10.9. The van der Waals surface area contributed by atoms with Gasteiger partial charge in [-0.2, -0.15) is 0 Å². The predicted octanol–water partition coefficient (Wildman–Crippen LogP) is 2.97. The summed E-state index contributed by atoms with van der Waals surface area (Å²) in [4.78, 5) is 41.5. The number of nitrogens with zero attached hydrogens (tertiary/aromatic N) is 2. The fourth-order valence-electron chi connectivity index (χ4n) is 2.70. The van der Waals surface area contributed by atoms with Crippen molar-refractivity contribution in [3.05, 3.63) is 54.9 Å². The maximum absolute atomic E-state index is 12.9. The summed E-state index contributed by atoms with van der Waals surface area (Å²) in [5.74, 6) is -1.42. The third-order valence-electron chi connectivity index (χ3n) is 3.97. The number of rotatable bonds is 4. The molecule has 0 amide bonds. The lowest BCUT2D eigenvalue weighted by atomic mass is 10.1. The van der Waals surface area contributed by atoms with Crippen LogP contribution in [0.3, 0.4) is 0 Å². The van der Waals surface area contributed by atoms with Crippen LogP contribution in [0.25, 0.3) is 10.9 Å². The number of fused-ring (bicyclic) bond motifs is 1. The molecule has 146 valence electrons. The first kappa shape index (κ1) is 20.1. The number of hydrogen-bond donors (Lipinski definition) is 1. The van der Waals surface area contributed by atoms with E-state index in [2.05, 4.69) is 4.98 Å². The van der Waals surface area contributed by atoms with Crippen molar-refractivity contribution in [2.45, 2.75) is 6.54 Å². The Morgan fingerprint density at radius 2 is 1.89 bits per heavy atom. The highest BCUT2D eigenvalue weighted by atomic mass is 35.5. The number of halogens is 2. The Balaban J connectivity index is 2.21. The Kier molecular flexibility index (Phi) is 5.59. The minimum atomic E-state index is -0.730. The van der Waals surface area contributed by atoms with Gasteiger partial charge in [0.2, 0.25) is 0 Å². The summed E-state index contributed by atoms with van der Waals surface area (Å²) in [6.07, 6.45) is 1.26. The summed E-state index contributed by atoms with van der Waals surface area (Å²) in [5, 5.41) is 0.786. The molecule has 3 aromatic rings. The Hall–Kier alpha value is -2.62. The standard InChI is InChI=1S/C17H13Cl2N3O5S/c1-26-16(24)11-9(13(17(25)27-2)28-14(11)20)5-22-6-21-12-8(15(22)23)3-7(18)4-10(12)19/h3-4,6H,5,20H2,1-2H3. The van der Waals surface area contributed by atoms with Crippen LogP contribution in [-0.2, 0) is 16.0 Å². The number of carbonyl (C=O) groups excluding carboxylic acids is 2. The maximum Gasteiger partial charge on any atom is 0.348 e. The number of nitrogens with two attached hydrogens (primary N) is 1. The Morgan fingerprint density at radius 3 is 2.54 bits per heavy atom. The number of hydrogen-bond acceptors (Lipinski definition) is 8. The van der Waals surface area contributed by atoms with E-state index in [-0.39, 0.29) is 43.0 Å². The van der Waals surface area contributed by atoms with Crippen LogP contribution in [0.5, 0.6) is 0 Å². The number of carbonyl (C=O) groups is 2. The average Bonchev–Trinajstić information content (AvgIpc) is 2.99. The molecule has 2 heterocycles. The van der Waals surface area contributed by atoms with Crippen LogP contribution < -0.4 is 11.3 Å². The lowest BCUT2D eigenvalue weighted by Gasteiger charge is -2.10. The highest BCUT2D eigenvalue weighted by Crippen LogP contribution is 2.33. The van der Waals surface area contributed by atoms with Crippen LogP contribution in [-0.4, -0.2) is 35.7 Å². The molecular formula is C17H13Cl2N3O5S. The van der Waals surface area contributed by atoms with Gasteiger partial charge >= 0.3 is 11.9 Å². The summed E-state index contributed by atoms with van der Waals surface area (Å²) in [6.45, 7) is -0.158. The molecule has 2 N–H and O–H groups in total. The van der Waals surface area contributed by atoms with Crippen molar-refractivity contribution in [3.63, 3.8) is 0 Å². The minimum Gasteiger partial charge on any atom is -0.465 e. The predicted molar refractivity (Wildman–Crippen MR) is 107 cm³/mol. The van der Waals surface area contributed by atoms with Gasteiger partial charge < -0.3 is 15.2 Å². The fraction of sp³-hybridized carbons (Fsp3) is 0.176. The van der Waals surface area contributed by atoms with Gasteiger partial charge in [0, 0.05) is 10.6 Å². The van der Waals surface area contributed by atoms with E-state index in [9.17, 15) is 14.4 Å². The second-order valence-electron chi connectivity index (χ2n) is 5.59. The molecule has 1 aromatic carbocycles. The third-order valence-corrected chi connectivity index (χ3v) is 5.52. The molecule has 0 bridgehead atoms. The molecule has 0 saturated heterocycles. The zero-order valence-electron chi connectivity index (χ0n) is 14.6. The highest BCUT2D eigenvalue weighted by Gasteiger charge is 2.27. The monoisotopic (exact) mass is 441 g/mol. The van der Waals surface area contributed by atoms with Gasteiger partial charge in [-0.15, -0.1) is 11.3 Å². The Labute approximate surface area is 172 Å². The van der Waals surface area contributed by atoms with E-state index in [0.29, 0.717) is 5.52 Å². The first-order valence-corrected chi connectivity index (χ1v) is 9.27. The van der Waals surface area contributed by atoms with E-state index in [0.717, 1.165) is 11.3 Å². The number of benzene rings is 1. The van der Waals surface area contributed by atoms with E-state index in [1.54, 1.807) is 0 Å². The first-order valence-electron chi connectivity index (χ1n) is 7.70. The summed E-state index contributed by atoms with van der Waals surface area (Å²) in [6, 6.07) is 2.92. The minimum absolute atomic E-state index is 0.00373. The van der Waals surface area contributed by atoms with Gasteiger partial charge in [0.25, 0.3) is 5.56 Å². The van der Waals surface area contributed by atoms with Crippen molar-refractivity contribution >= 4 is 62.4 Å². The molecule has 3 rings (SSSR count). The quantitative estimate of drug-likeness (QED) is 0.618. The summed E-state index contributed by atoms with van der Waals surface area (Å²) >= 11 is 12.9. The summed E-state index contributed by atoms with van der Waals surface area (Å²) < 4.78 is 10.7. The van der Waals surface area contributed by atoms with Gasteiger partial charge in [-0.3, -0.25) is 9.36 Å². The van der Waals surface area contributed by atoms with Gasteiger partial charge in [0.15, 0.2) is 0 Å². The third kappa shape index (κ3) is 3.44. The number of methoxy groups -OCH3 is 2. The van der Waals surface area contributed by atoms with Crippen molar-refractivity contribution in [2.75, 3.05) is 20.0 Å². The first-order chi connectivity index (χ1) is 13.3. The van der Waals surface area contributed by atoms with Gasteiger partial charge in [-0.25, -0.2) is 14.6 Å². The molecule has 8 nitrogen and oxygen atoms in total. The van der Waals surface area contributed by atoms with Crippen molar-refractivity contribution in [1.29, 1.82) is 0 Å². The van der Waals surface area contributed by atoms with E-state index in [4.69, 9.17) is 38.4 Å². The Bertz CT molecular complexity index is 1170. The number of esters is 2. The molecule has 0 aliphatic heterocycles. The lowest BCUT2D eigenvalue weighted by molar-refractivity contribution is 0.0601. The highest BCUT2D eigenvalue weighted by molar-refractivity contribution is 7.18. The molecule has 0 spiro atoms. The molecule has 0 atom stereocenters. The maximum atomic E-state index is 12.9. The van der Waals surface area contributed by atoms with E-state index >= 15 is 0 Å². The molecule has 0 aliphatic rings. The van der Waals surface area contributed by atoms with Crippen molar-refractivity contribution in [2.24, 2.45) is 0 Å². The second-order valence-corrected chi connectivity index (χ2v) is 7.49. The molecule has 0 aliphatic carbocycles. The lowest BCUT2D eigenvalue weighted by Crippen LogP contribution is -2.23. The number of nitrogen functional groups attached to an aromatic ring is 1. The zero-order valence-corrected chi connectivity index (χ0v) is 16.9. The molecule has 28 heavy (non-hydrogen) atoms. The van der Waals surface area contributed by atoms with Crippen LogP contribution in [0.2, 0.25) is 10.0 Å². The molecule has 0 fully saturated rings. The molecule has 0 saturated carbocycles. The van der Waals surface area contributed by atoms with Gasteiger partial charge in [0.1, 0.15) is 9.88 Å². The molecule has 0 unspecified atom stereocenters. The van der Waals surface area contributed by atoms with E-state index in [1.807, 2.05) is 0 Å². The molecule has 0 radical (unpaired) electrons. The molecular weight excluding hydrogens is 429 g/mol. The molecule has 2 aromatic heterocycles. The second kappa shape index (κ2) is 7.78. The van der Waals surface area contributed by atoms with E-state index in [1.165, 1.54) is 37.2 Å². The van der Waals surface area contributed by atoms with Gasteiger partial charge in [0.05, 0.1) is 48.6 Å². The fourth-order valence-corrected chi connectivity index (χ4v) is 4.22. The number of ether oxygens (including phenoxy) is 2. The van der Waals surface area contributed by atoms with Gasteiger partial charge in [-0.05, 0) is 12.1 Å². The van der Waals surface area contributed by atoms with E-state index < -0.39 is 17.5 Å². The summed E-state index contributed by atoms with van der Waals surface area (Å²) in [5.41, 5.74) is 5.95. The topological polar surface area (TPSA) is 114 Å². The van der Waals surface area contributed by atoms with Crippen LogP contribution in [0, 0.1) is 0 Å². The van der Waals surface area contributed by atoms with Crippen LogP contribution >= 0.6 is 34.5 Å². The zero-order chi connectivity index (χ0) is 20.6. The van der Waals surface area contributed by atoms with Crippen molar-refractivity contribution < 1.29 is 19.1 Å². The largest absolute Gasteiger partial charge is 0.465 e. The average molecular weight is 442 g/mol. The van der Waals surface area contributed by atoms with Crippen LogP contribution in [0.4, 0.5) is 5.00 Å². The number of thiophene rings is 1. The smallest absolute Gasteiger partial charge is 0.348 e. The summed E-state index contributed by atoms with van der Waals surface area (Å²) in [7, 11) is 2.39. The molecule has 11 heteroatoms. The Morgan fingerprint density at radius 1 is 1.21 bits per heavy atom. The SMILES string of the molecule is COC(=O)c1sc(N)c(C(=O)OC)c1Cn1cnc2c(Cl)cc(Cl)cc2c1=O. The van der Waals surface area contributed by atoms with Crippen molar-refractivity contribution in [1.82, 2.24) is 9.55 Å². The number of aromatic nitrogens is 2. The van der Waals surface area contributed by atoms with Gasteiger partial charge in [-0.1, -0.05) is 23.2 Å². The van der Waals surface area contributed by atoms with Crippen LogP contribution in [0.1, 0.15) is 25.6 Å². The number of anilines is 1. The van der Waals surface area contributed by atoms with Crippen LogP contribution in [0.15, 0.2) is 23.3 Å².